The third kappa shape index (κ3) is 4.88. The van der Waals surface area contributed by atoms with Crippen molar-refractivity contribution in [3.63, 3.8) is 0 Å². The van der Waals surface area contributed by atoms with Gasteiger partial charge >= 0.3 is 0 Å². The number of hydrogen-bond donors (Lipinski definition) is 0. The Kier molecular flexibility index (Phi) is 6.12. The Morgan fingerprint density at radius 2 is 2.04 bits per heavy atom. The second-order valence-electron chi connectivity index (χ2n) is 6.61. The van der Waals surface area contributed by atoms with Crippen LogP contribution in [-0.4, -0.2) is 30.6 Å². The first-order valence-electron chi connectivity index (χ1n) is 9.06. The topological polar surface area (TPSA) is 38.8 Å². The fourth-order valence-electron chi connectivity index (χ4n) is 2.96. The van der Waals surface area contributed by atoms with E-state index in [1.807, 2.05) is 18.2 Å². The lowest BCUT2D eigenvalue weighted by Crippen LogP contribution is -2.36. The third-order valence-corrected chi connectivity index (χ3v) is 4.57. The molecule has 1 amide bonds. The summed E-state index contributed by atoms with van der Waals surface area (Å²) in [6, 6.07) is 12.3. The van der Waals surface area contributed by atoms with Crippen LogP contribution in [-0.2, 0) is 17.8 Å². The molecule has 27 heavy (non-hydrogen) atoms. The summed E-state index contributed by atoms with van der Waals surface area (Å²) in [7, 11) is 1.57. The summed E-state index contributed by atoms with van der Waals surface area (Å²) in [5.74, 6) is 0.642. The fraction of sp³-hybridized carbons (Fsp3) is 0.318. The molecule has 5 heteroatoms. The summed E-state index contributed by atoms with van der Waals surface area (Å²) in [5.41, 5.74) is 1.57. The number of nitrogens with zero attached hydrogens (tertiary/aromatic N) is 1. The molecule has 0 spiro atoms. The summed E-state index contributed by atoms with van der Waals surface area (Å²) in [6.07, 6.45) is 4.43. The molecule has 2 aromatic carbocycles. The lowest BCUT2D eigenvalue weighted by Gasteiger charge is -2.23. The van der Waals surface area contributed by atoms with Crippen LogP contribution in [0, 0.1) is 5.82 Å². The van der Waals surface area contributed by atoms with E-state index >= 15 is 0 Å². The van der Waals surface area contributed by atoms with Gasteiger partial charge in [-0.05, 0) is 43.0 Å². The van der Waals surface area contributed by atoms with E-state index in [2.05, 4.69) is 6.58 Å². The number of benzene rings is 2. The molecule has 0 aliphatic heterocycles. The molecule has 1 aliphatic rings. The molecule has 0 radical (unpaired) electrons. The second-order valence-corrected chi connectivity index (χ2v) is 6.61. The molecule has 1 aliphatic carbocycles. The van der Waals surface area contributed by atoms with Crippen molar-refractivity contribution in [3.8, 4) is 11.5 Å². The smallest absolute Gasteiger partial charge is 0.261 e. The maximum atomic E-state index is 14.0. The van der Waals surface area contributed by atoms with Crippen molar-refractivity contribution in [2.75, 3.05) is 13.7 Å². The highest BCUT2D eigenvalue weighted by Crippen LogP contribution is 2.31. The fourth-order valence-corrected chi connectivity index (χ4v) is 2.96. The molecule has 3 rings (SSSR count). The first-order valence-corrected chi connectivity index (χ1v) is 9.06. The van der Waals surface area contributed by atoms with E-state index in [9.17, 15) is 9.18 Å². The Hall–Kier alpha value is -2.82. The molecule has 0 bridgehead atoms. The highest BCUT2D eigenvalue weighted by Gasteiger charge is 2.33. The molecule has 0 N–H and O–H groups in total. The zero-order chi connectivity index (χ0) is 19.2. The number of allylic oxidation sites excluding steroid dienone is 1. The Morgan fingerprint density at radius 1 is 1.26 bits per heavy atom. The first kappa shape index (κ1) is 19.0. The van der Waals surface area contributed by atoms with E-state index in [1.165, 1.54) is 6.07 Å². The average molecular weight is 369 g/mol. The van der Waals surface area contributed by atoms with Crippen molar-refractivity contribution >= 4 is 5.91 Å². The van der Waals surface area contributed by atoms with Gasteiger partial charge in [0.1, 0.15) is 5.82 Å². The van der Waals surface area contributed by atoms with Gasteiger partial charge < -0.3 is 14.4 Å². The molecular weight excluding hydrogens is 345 g/mol. The van der Waals surface area contributed by atoms with Crippen LogP contribution in [0.15, 0.2) is 55.1 Å². The molecule has 4 nitrogen and oxygen atoms in total. The predicted octanol–water partition coefficient (Wildman–Crippen LogP) is 4.13. The molecule has 0 atom stereocenters. The zero-order valence-corrected chi connectivity index (χ0v) is 15.5. The third-order valence-electron chi connectivity index (χ3n) is 4.57. The molecule has 0 saturated heterocycles. The second kappa shape index (κ2) is 8.71. The van der Waals surface area contributed by atoms with E-state index in [0.29, 0.717) is 17.1 Å². The number of carbonyl (C=O) groups is 1. The monoisotopic (exact) mass is 369 g/mol. The Balaban J connectivity index is 1.66. The minimum Gasteiger partial charge on any atom is -0.493 e. The molecule has 0 heterocycles. The SMILES string of the molecule is C=CCc1ccc(OCC(=O)N(Cc2ccccc2F)C2CC2)c(OC)c1. The van der Waals surface area contributed by atoms with Gasteiger partial charge in [-0.3, -0.25) is 4.79 Å². The minimum atomic E-state index is -0.295. The van der Waals surface area contributed by atoms with Gasteiger partial charge in [0.05, 0.1) is 7.11 Å². The van der Waals surface area contributed by atoms with E-state index in [1.54, 1.807) is 36.3 Å². The van der Waals surface area contributed by atoms with Gasteiger partial charge in [0, 0.05) is 18.2 Å². The van der Waals surface area contributed by atoms with Gasteiger partial charge in [0.2, 0.25) is 0 Å². The lowest BCUT2D eigenvalue weighted by atomic mass is 10.1. The Morgan fingerprint density at radius 3 is 2.70 bits per heavy atom. The number of rotatable bonds is 9. The van der Waals surface area contributed by atoms with Gasteiger partial charge in [-0.2, -0.15) is 0 Å². The van der Waals surface area contributed by atoms with Crippen LogP contribution in [0.25, 0.3) is 0 Å². The predicted molar refractivity (Wildman–Crippen MR) is 102 cm³/mol. The van der Waals surface area contributed by atoms with Gasteiger partial charge in [-0.1, -0.05) is 30.3 Å². The van der Waals surface area contributed by atoms with Crippen molar-refractivity contribution in [3.05, 3.63) is 72.1 Å². The van der Waals surface area contributed by atoms with E-state index in [-0.39, 0.29) is 30.9 Å². The highest BCUT2D eigenvalue weighted by molar-refractivity contribution is 5.78. The summed E-state index contributed by atoms with van der Waals surface area (Å²) in [4.78, 5) is 14.4. The summed E-state index contributed by atoms with van der Waals surface area (Å²) >= 11 is 0. The van der Waals surface area contributed by atoms with E-state index < -0.39 is 0 Å². The van der Waals surface area contributed by atoms with E-state index in [0.717, 1.165) is 24.8 Å². The molecule has 142 valence electrons. The first-order chi connectivity index (χ1) is 13.1. The van der Waals surface area contributed by atoms with Crippen LogP contribution in [0.5, 0.6) is 11.5 Å². The number of methoxy groups -OCH3 is 1. The van der Waals surface area contributed by atoms with Crippen LogP contribution in [0.3, 0.4) is 0 Å². The zero-order valence-electron chi connectivity index (χ0n) is 15.5. The Bertz CT molecular complexity index is 817. The van der Waals surface area contributed by atoms with Crippen molar-refractivity contribution < 1.29 is 18.7 Å². The molecule has 1 saturated carbocycles. The van der Waals surface area contributed by atoms with Crippen LogP contribution in [0.4, 0.5) is 4.39 Å². The van der Waals surface area contributed by atoms with Gasteiger partial charge in [0.15, 0.2) is 18.1 Å². The molecular formula is C22H24FNO3. The van der Waals surface area contributed by atoms with Crippen molar-refractivity contribution in [2.24, 2.45) is 0 Å². The molecule has 0 aromatic heterocycles. The standard InChI is InChI=1S/C22H24FNO3/c1-3-6-16-9-12-20(21(13-16)26-2)27-15-22(25)24(18-10-11-18)14-17-7-4-5-8-19(17)23/h3-5,7-9,12-13,18H,1,6,10-11,14-15H2,2H3. The highest BCUT2D eigenvalue weighted by atomic mass is 19.1. The van der Waals surface area contributed by atoms with Gasteiger partial charge in [0.25, 0.3) is 5.91 Å². The normalized spacial score (nSPS) is 13.1. The number of hydrogen-bond acceptors (Lipinski definition) is 3. The van der Waals surface area contributed by atoms with Crippen molar-refractivity contribution in [2.45, 2.75) is 31.8 Å². The van der Waals surface area contributed by atoms with Crippen LogP contribution in [0.1, 0.15) is 24.0 Å². The van der Waals surface area contributed by atoms with Crippen LogP contribution >= 0.6 is 0 Å². The minimum absolute atomic E-state index is 0.109. The number of halogens is 1. The quantitative estimate of drug-likeness (QED) is 0.624. The van der Waals surface area contributed by atoms with Crippen molar-refractivity contribution in [1.82, 2.24) is 4.90 Å². The Labute approximate surface area is 159 Å². The van der Waals surface area contributed by atoms with Crippen LogP contribution < -0.4 is 9.47 Å². The van der Waals surface area contributed by atoms with Crippen molar-refractivity contribution in [1.29, 1.82) is 0 Å². The lowest BCUT2D eigenvalue weighted by molar-refractivity contribution is -0.134. The number of ether oxygens (including phenoxy) is 2. The maximum absolute atomic E-state index is 14.0. The largest absolute Gasteiger partial charge is 0.493 e. The maximum Gasteiger partial charge on any atom is 0.261 e. The number of amides is 1. The van der Waals surface area contributed by atoms with Crippen LogP contribution in [0.2, 0.25) is 0 Å². The molecule has 0 unspecified atom stereocenters. The molecule has 2 aromatic rings. The van der Waals surface area contributed by atoms with E-state index in [4.69, 9.17) is 9.47 Å². The average Bonchev–Trinajstić information content (AvgIpc) is 3.51. The summed E-state index contributed by atoms with van der Waals surface area (Å²) < 4.78 is 25.0. The summed E-state index contributed by atoms with van der Waals surface area (Å²) in [6.45, 7) is 3.88. The number of carbonyl (C=O) groups excluding carboxylic acids is 1. The van der Waals surface area contributed by atoms with Gasteiger partial charge in [-0.25, -0.2) is 4.39 Å². The molecule has 1 fully saturated rings. The van der Waals surface area contributed by atoms with Gasteiger partial charge in [-0.15, -0.1) is 6.58 Å². The summed E-state index contributed by atoms with van der Waals surface area (Å²) in [5, 5.41) is 0.